The Labute approximate surface area is 200 Å². The van der Waals surface area contributed by atoms with E-state index in [0.29, 0.717) is 33.9 Å². The van der Waals surface area contributed by atoms with Gasteiger partial charge in [-0.3, -0.25) is 14.2 Å². The predicted molar refractivity (Wildman–Crippen MR) is 131 cm³/mol. The molecule has 2 aromatic carbocycles. The van der Waals surface area contributed by atoms with E-state index >= 15 is 0 Å². The maximum absolute atomic E-state index is 13.6. The number of benzene rings is 2. The lowest BCUT2D eigenvalue weighted by Gasteiger charge is -2.07. The van der Waals surface area contributed by atoms with E-state index in [9.17, 15) is 14.9 Å². The Morgan fingerprint density at radius 2 is 1.94 bits per heavy atom. The minimum atomic E-state index is -0.572. The van der Waals surface area contributed by atoms with Crippen LogP contribution in [0.3, 0.4) is 0 Å². The van der Waals surface area contributed by atoms with Gasteiger partial charge < -0.3 is 19.5 Å². The second kappa shape index (κ2) is 11.3. The summed E-state index contributed by atoms with van der Waals surface area (Å²) in [5, 5.41) is 12.5. The molecule has 1 aromatic heterocycles. The zero-order valence-corrected chi connectivity index (χ0v) is 20.2. The number of para-hydroxylation sites is 1. The third kappa shape index (κ3) is 5.20. The summed E-state index contributed by atoms with van der Waals surface area (Å²) in [5.74, 6) is 0.570. The van der Waals surface area contributed by atoms with Crippen molar-refractivity contribution < 1.29 is 19.0 Å². The van der Waals surface area contributed by atoms with Gasteiger partial charge in [0.2, 0.25) is 0 Å². The molecule has 0 aliphatic heterocycles. The van der Waals surface area contributed by atoms with E-state index in [-0.39, 0.29) is 22.3 Å². The van der Waals surface area contributed by atoms with Crippen molar-refractivity contribution in [3.63, 3.8) is 0 Å². The molecule has 0 aliphatic carbocycles. The van der Waals surface area contributed by atoms with Crippen LogP contribution < -0.4 is 29.5 Å². The Morgan fingerprint density at radius 1 is 1.18 bits per heavy atom. The molecule has 1 amide bonds. The Balaban J connectivity index is 2.33. The summed E-state index contributed by atoms with van der Waals surface area (Å²) in [6, 6.07) is 14.5. The summed E-state index contributed by atoms with van der Waals surface area (Å²) in [7, 11) is 4.61. The highest BCUT2D eigenvalue weighted by molar-refractivity contribution is 7.07. The molecular weight excluding hydrogens is 454 g/mol. The van der Waals surface area contributed by atoms with Gasteiger partial charge >= 0.3 is 0 Å². The zero-order valence-electron chi connectivity index (χ0n) is 19.4. The molecule has 0 bridgehead atoms. The van der Waals surface area contributed by atoms with Crippen molar-refractivity contribution in [1.82, 2.24) is 9.88 Å². The molecule has 0 spiro atoms. The maximum Gasteiger partial charge on any atom is 0.273 e. The van der Waals surface area contributed by atoms with Crippen molar-refractivity contribution in [3.05, 3.63) is 73.1 Å². The average molecular weight is 480 g/mol. The lowest BCUT2D eigenvalue weighted by atomic mass is 10.2. The number of carbonyl (C=O) groups excluding carboxylic acids is 1. The van der Waals surface area contributed by atoms with Crippen LogP contribution in [0.15, 0.2) is 47.3 Å². The van der Waals surface area contributed by atoms with Gasteiger partial charge in [-0.25, -0.2) is 0 Å². The van der Waals surface area contributed by atoms with Crippen LogP contribution in [0, 0.1) is 18.3 Å². The van der Waals surface area contributed by atoms with Crippen molar-refractivity contribution in [2.75, 3.05) is 34.5 Å². The van der Waals surface area contributed by atoms with Gasteiger partial charge in [0, 0.05) is 25.3 Å². The number of hydrogen-bond donors (Lipinski definition) is 1. The van der Waals surface area contributed by atoms with E-state index in [1.807, 2.05) is 25.1 Å². The third-order valence-corrected chi connectivity index (χ3v) is 6.14. The maximum atomic E-state index is 13.6. The summed E-state index contributed by atoms with van der Waals surface area (Å²) < 4.78 is 17.7. The van der Waals surface area contributed by atoms with E-state index in [2.05, 4.69) is 5.32 Å². The Morgan fingerprint density at radius 3 is 2.59 bits per heavy atom. The Bertz CT molecular complexity index is 1420. The first kappa shape index (κ1) is 24.8. The molecule has 3 rings (SSSR count). The number of thiazole rings is 1. The monoisotopic (exact) mass is 479 g/mol. The van der Waals surface area contributed by atoms with Gasteiger partial charge in [-0.05, 0) is 36.8 Å². The van der Waals surface area contributed by atoms with E-state index in [1.165, 1.54) is 18.8 Å². The minimum absolute atomic E-state index is 0.150. The summed E-state index contributed by atoms with van der Waals surface area (Å²) >= 11 is 1.07. The molecule has 0 unspecified atom stereocenters. The molecule has 0 atom stereocenters. The molecule has 0 radical (unpaired) electrons. The fourth-order valence-corrected chi connectivity index (χ4v) is 4.40. The highest BCUT2D eigenvalue weighted by Gasteiger charge is 2.18. The highest BCUT2D eigenvalue weighted by atomic mass is 32.1. The van der Waals surface area contributed by atoms with Crippen LogP contribution in [-0.2, 0) is 9.53 Å². The molecule has 1 heterocycles. The number of aromatic nitrogens is 1. The molecule has 9 heteroatoms. The van der Waals surface area contributed by atoms with Gasteiger partial charge in [0.25, 0.3) is 11.5 Å². The van der Waals surface area contributed by atoms with Gasteiger partial charge in [0.1, 0.15) is 22.2 Å². The van der Waals surface area contributed by atoms with Crippen molar-refractivity contribution in [2.24, 2.45) is 0 Å². The number of hydrogen-bond acceptors (Lipinski definition) is 7. The van der Waals surface area contributed by atoms with Crippen molar-refractivity contribution >= 4 is 28.9 Å². The third-order valence-electron chi connectivity index (χ3n) is 5.05. The topological polar surface area (TPSA) is 103 Å². The Hall–Kier alpha value is -3.87. The van der Waals surface area contributed by atoms with Crippen LogP contribution in [0.1, 0.15) is 11.1 Å². The number of carbonyl (C=O) groups is 1. The van der Waals surface area contributed by atoms with Gasteiger partial charge in [0.15, 0.2) is 5.57 Å². The molecule has 3 aromatic rings. The van der Waals surface area contributed by atoms with Gasteiger partial charge in [-0.15, -0.1) is 11.3 Å². The number of nitrogens with one attached hydrogen (secondary N) is 1. The van der Waals surface area contributed by atoms with Crippen LogP contribution in [0.2, 0.25) is 0 Å². The highest BCUT2D eigenvalue weighted by Crippen LogP contribution is 2.25. The predicted octanol–water partition coefficient (Wildman–Crippen LogP) is 1.49. The van der Waals surface area contributed by atoms with Gasteiger partial charge in [-0.1, -0.05) is 18.2 Å². The molecule has 0 saturated heterocycles. The number of nitrogens with zero attached hydrogens (tertiary/aromatic N) is 2. The molecule has 0 saturated carbocycles. The molecule has 1 N–H and O–H groups in total. The first-order chi connectivity index (χ1) is 16.4. The second-order valence-electron chi connectivity index (χ2n) is 7.19. The van der Waals surface area contributed by atoms with Gasteiger partial charge in [0.05, 0.1) is 31.0 Å². The van der Waals surface area contributed by atoms with Crippen molar-refractivity contribution in [2.45, 2.75) is 6.92 Å². The van der Waals surface area contributed by atoms with E-state index < -0.39 is 5.91 Å². The number of amides is 1. The smallest absolute Gasteiger partial charge is 0.273 e. The lowest BCUT2D eigenvalue weighted by Crippen LogP contribution is -2.35. The molecule has 8 nitrogen and oxygen atoms in total. The first-order valence-corrected chi connectivity index (χ1v) is 11.2. The van der Waals surface area contributed by atoms with Crippen molar-refractivity contribution in [3.8, 4) is 23.3 Å². The van der Waals surface area contributed by atoms with Gasteiger partial charge in [-0.2, -0.15) is 5.26 Å². The van der Waals surface area contributed by atoms with Crippen LogP contribution >= 0.6 is 11.3 Å². The Kier molecular flexibility index (Phi) is 8.24. The normalized spacial score (nSPS) is 12.1. The van der Waals surface area contributed by atoms with Crippen LogP contribution in [0.25, 0.3) is 17.3 Å². The number of aryl methyl sites for hydroxylation is 1. The number of ether oxygens (including phenoxy) is 3. The lowest BCUT2D eigenvalue weighted by molar-refractivity contribution is -0.115. The van der Waals surface area contributed by atoms with E-state index in [0.717, 1.165) is 16.9 Å². The number of nitriles is 1. The quantitative estimate of drug-likeness (QED) is 0.491. The summed E-state index contributed by atoms with van der Waals surface area (Å²) in [5.41, 5.74) is 1.59. The molecular formula is C25H25N3O5S. The number of methoxy groups -OCH3 is 3. The largest absolute Gasteiger partial charge is 0.497 e. The summed E-state index contributed by atoms with van der Waals surface area (Å²) in [6.07, 6.45) is 1.68. The standard InChI is InChI=1S/C25H25N3O5S/c1-16-7-5-6-8-20(16)28-24(30)22(13-17-9-10-18(32-3)14-21(17)33-4)34-25(28)19(15-26)23(29)27-11-12-31-2/h5-10,13-14H,11-12H2,1-4H3,(H,27,29)/b22-13-,25-19-. The summed E-state index contributed by atoms with van der Waals surface area (Å²) in [6.45, 7) is 2.40. The average Bonchev–Trinajstić information content (AvgIpc) is 3.15. The molecule has 176 valence electrons. The molecule has 34 heavy (non-hydrogen) atoms. The van der Waals surface area contributed by atoms with Crippen LogP contribution in [0.4, 0.5) is 0 Å². The van der Waals surface area contributed by atoms with Crippen molar-refractivity contribution in [1.29, 1.82) is 5.26 Å². The van der Waals surface area contributed by atoms with E-state index in [1.54, 1.807) is 43.5 Å². The van der Waals surface area contributed by atoms with E-state index in [4.69, 9.17) is 14.2 Å². The minimum Gasteiger partial charge on any atom is -0.497 e. The van der Waals surface area contributed by atoms with Crippen LogP contribution in [-0.4, -0.2) is 45.0 Å². The SMILES string of the molecule is COCCNC(=O)/C(C#N)=c1\s/c(=C\c2ccc(OC)cc2OC)c(=O)n1-c1ccccc1C. The first-order valence-electron chi connectivity index (χ1n) is 10.4. The fourth-order valence-electron chi connectivity index (χ4n) is 3.31. The summed E-state index contributed by atoms with van der Waals surface area (Å²) in [4.78, 5) is 26.4. The second-order valence-corrected chi connectivity index (χ2v) is 8.22. The molecule has 0 fully saturated rings. The number of rotatable bonds is 8. The fraction of sp³-hybridized carbons (Fsp3) is 0.240. The molecule has 0 aliphatic rings. The van der Waals surface area contributed by atoms with Crippen LogP contribution in [0.5, 0.6) is 11.5 Å². The zero-order chi connectivity index (χ0) is 24.7.